The molecule has 0 aromatic heterocycles. The van der Waals surface area contributed by atoms with Crippen molar-refractivity contribution in [1.29, 1.82) is 0 Å². The SMILES string of the molecule is O=CN1CCCC1C1CCCC1=O. The molecular formula is C10H15NO2. The van der Waals surface area contributed by atoms with Crippen LogP contribution in [0.4, 0.5) is 0 Å². The van der Waals surface area contributed by atoms with E-state index in [0.29, 0.717) is 5.78 Å². The van der Waals surface area contributed by atoms with Crippen LogP contribution in [0.1, 0.15) is 32.1 Å². The first kappa shape index (κ1) is 8.73. The van der Waals surface area contributed by atoms with Gasteiger partial charge in [0, 0.05) is 24.9 Å². The van der Waals surface area contributed by atoms with E-state index >= 15 is 0 Å². The van der Waals surface area contributed by atoms with Crippen LogP contribution in [0.15, 0.2) is 0 Å². The highest BCUT2D eigenvalue weighted by molar-refractivity contribution is 5.83. The maximum atomic E-state index is 11.5. The summed E-state index contributed by atoms with van der Waals surface area (Å²) < 4.78 is 0. The standard InChI is InChI=1S/C10H15NO2/c12-7-11-6-2-4-9(11)8-3-1-5-10(8)13/h7-9H,1-6H2. The van der Waals surface area contributed by atoms with Crippen molar-refractivity contribution in [3.63, 3.8) is 0 Å². The summed E-state index contributed by atoms with van der Waals surface area (Å²) in [5, 5.41) is 0. The molecule has 0 N–H and O–H groups in total. The number of nitrogens with zero attached hydrogens (tertiary/aromatic N) is 1. The van der Waals surface area contributed by atoms with Gasteiger partial charge in [-0.05, 0) is 25.7 Å². The fourth-order valence-electron chi connectivity index (χ4n) is 2.63. The highest BCUT2D eigenvalue weighted by Gasteiger charge is 2.37. The Labute approximate surface area is 78.1 Å². The molecule has 3 nitrogen and oxygen atoms in total. The van der Waals surface area contributed by atoms with E-state index in [0.717, 1.165) is 45.1 Å². The Morgan fingerprint density at radius 2 is 2.15 bits per heavy atom. The molecule has 2 atom stereocenters. The average Bonchev–Trinajstić information content (AvgIpc) is 2.71. The van der Waals surface area contributed by atoms with Crippen molar-refractivity contribution >= 4 is 12.2 Å². The molecule has 2 rings (SSSR count). The van der Waals surface area contributed by atoms with Crippen LogP contribution in [-0.4, -0.2) is 29.7 Å². The molecule has 1 aliphatic carbocycles. The van der Waals surface area contributed by atoms with Crippen LogP contribution in [-0.2, 0) is 9.59 Å². The predicted molar refractivity (Wildman–Crippen MR) is 48.1 cm³/mol. The summed E-state index contributed by atoms with van der Waals surface area (Å²) >= 11 is 0. The Morgan fingerprint density at radius 1 is 1.31 bits per heavy atom. The number of ketones is 1. The van der Waals surface area contributed by atoms with Crippen LogP contribution in [0.5, 0.6) is 0 Å². The van der Waals surface area contributed by atoms with Crippen molar-refractivity contribution in [2.24, 2.45) is 5.92 Å². The lowest BCUT2D eigenvalue weighted by Crippen LogP contribution is -2.36. The van der Waals surface area contributed by atoms with Crippen LogP contribution >= 0.6 is 0 Å². The van der Waals surface area contributed by atoms with Crippen LogP contribution in [0, 0.1) is 5.92 Å². The maximum absolute atomic E-state index is 11.5. The molecule has 2 unspecified atom stereocenters. The van der Waals surface area contributed by atoms with Gasteiger partial charge in [-0.15, -0.1) is 0 Å². The van der Waals surface area contributed by atoms with E-state index in [-0.39, 0.29) is 12.0 Å². The maximum Gasteiger partial charge on any atom is 0.209 e. The smallest absolute Gasteiger partial charge is 0.209 e. The zero-order chi connectivity index (χ0) is 9.26. The van der Waals surface area contributed by atoms with Gasteiger partial charge in [0.25, 0.3) is 0 Å². The molecule has 1 aliphatic heterocycles. The Hall–Kier alpha value is -0.860. The van der Waals surface area contributed by atoms with Crippen LogP contribution in [0.2, 0.25) is 0 Å². The van der Waals surface area contributed by atoms with Crippen molar-refractivity contribution in [1.82, 2.24) is 4.90 Å². The van der Waals surface area contributed by atoms with E-state index in [4.69, 9.17) is 0 Å². The highest BCUT2D eigenvalue weighted by atomic mass is 16.1. The molecule has 3 heteroatoms. The Balaban J connectivity index is 2.06. The second-order valence-corrected chi connectivity index (χ2v) is 4.02. The van der Waals surface area contributed by atoms with E-state index in [9.17, 15) is 9.59 Å². The van der Waals surface area contributed by atoms with Crippen LogP contribution < -0.4 is 0 Å². The normalized spacial score (nSPS) is 34.2. The summed E-state index contributed by atoms with van der Waals surface area (Å²) in [6.07, 6.45) is 5.74. The molecule has 0 aromatic rings. The van der Waals surface area contributed by atoms with Crippen LogP contribution in [0.25, 0.3) is 0 Å². The largest absolute Gasteiger partial charge is 0.342 e. The van der Waals surface area contributed by atoms with Gasteiger partial charge < -0.3 is 4.90 Å². The molecule has 0 radical (unpaired) electrons. The summed E-state index contributed by atoms with van der Waals surface area (Å²) in [6.45, 7) is 0.845. The van der Waals surface area contributed by atoms with Gasteiger partial charge in [0.1, 0.15) is 5.78 Å². The van der Waals surface area contributed by atoms with Gasteiger partial charge in [-0.3, -0.25) is 9.59 Å². The Morgan fingerprint density at radius 3 is 2.77 bits per heavy atom. The summed E-state index contributed by atoms with van der Waals surface area (Å²) in [7, 11) is 0. The first-order valence-corrected chi connectivity index (χ1v) is 5.06. The number of carbonyl (C=O) groups excluding carboxylic acids is 2. The zero-order valence-electron chi connectivity index (χ0n) is 7.74. The lowest BCUT2D eigenvalue weighted by molar-refractivity contribution is -0.125. The molecule has 0 aromatic carbocycles. The molecule has 1 saturated heterocycles. The van der Waals surface area contributed by atoms with E-state index in [1.807, 2.05) is 4.90 Å². The third kappa shape index (κ3) is 1.47. The Bertz CT molecular complexity index is 227. The predicted octanol–water partition coefficient (Wildman–Crippen LogP) is 0.976. The van der Waals surface area contributed by atoms with E-state index in [2.05, 4.69) is 0 Å². The number of hydrogen-bond acceptors (Lipinski definition) is 2. The minimum atomic E-state index is 0.160. The van der Waals surface area contributed by atoms with Gasteiger partial charge in [-0.25, -0.2) is 0 Å². The fourth-order valence-corrected chi connectivity index (χ4v) is 2.63. The zero-order valence-corrected chi connectivity index (χ0v) is 7.74. The number of carbonyl (C=O) groups is 2. The fraction of sp³-hybridized carbons (Fsp3) is 0.800. The van der Waals surface area contributed by atoms with Gasteiger partial charge in [-0.2, -0.15) is 0 Å². The van der Waals surface area contributed by atoms with Crippen molar-refractivity contribution < 1.29 is 9.59 Å². The molecule has 13 heavy (non-hydrogen) atoms. The molecule has 0 spiro atoms. The average molecular weight is 181 g/mol. The number of likely N-dealkylation sites (tertiary alicyclic amines) is 1. The minimum Gasteiger partial charge on any atom is -0.342 e. The minimum absolute atomic E-state index is 0.160. The number of rotatable bonds is 2. The molecule has 2 fully saturated rings. The molecule has 1 heterocycles. The number of hydrogen-bond donors (Lipinski definition) is 0. The number of amides is 1. The van der Waals surface area contributed by atoms with Crippen molar-refractivity contribution in [2.45, 2.75) is 38.1 Å². The highest BCUT2D eigenvalue weighted by Crippen LogP contribution is 2.32. The van der Waals surface area contributed by atoms with Crippen molar-refractivity contribution in [3.8, 4) is 0 Å². The topological polar surface area (TPSA) is 37.4 Å². The van der Waals surface area contributed by atoms with E-state index < -0.39 is 0 Å². The number of Topliss-reactive ketones (excluding diaryl/α,β-unsaturated/α-hetero) is 1. The monoisotopic (exact) mass is 181 g/mol. The van der Waals surface area contributed by atoms with E-state index in [1.54, 1.807) is 0 Å². The van der Waals surface area contributed by atoms with Crippen molar-refractivity contribution in [3.05, 3.63) is 0 Å². The molecular weight excluding hydrogens is 166 g/mol. The molecule has 2 aliphatic rings. The molecule has 0 bridgehead atoms. The summed E-state index contributed by atoms with van der Waals surface area (Å²) in [4.78, 5) is 24.0. The second kappa shape index (κ2) is 3.48. The van der Waals surface area contributed by atoms with Gasteiger partial charge in [0.2, 0.25) is 6.41 Å². The van der Waals surface area contributed by atoms with Gasteiger partial charge in [-0.1, -0.05) is 0 Å². The van der Waals surface area contributed by atoms with Crippen molar-refractivity contribution in [2.75, 3.05) is 6.54 Å². The lowest BCUT2D eigenvalue weighted by Gasteiger charge is -2.24. The summed E-state index contributed by atoms with van der Waals surface area (Å²) in [5.41, 5.74) is 0. The second-order valence-electron chi connectivity index (χ2n) is 4.02. The van der Waals surface area contributed by atoms with Gasteiger partial charge >= 0.3 is 0 Å². The first-order chi connectivity index (χ1) is 6.33. The first-order valence-electron chi connectivity index (χ1n) is 5.06. The third-order valence-corrected chi connectivity index (χ3v) is 3.29. The molecule has 1 saturated carbocycles. The summed E-state index contributed by atoms with van der Waals surface area (Å²) in [5.74, 6) is 0.534. The molecule has 1 amide bonds. The van der Waals surface area contributed by atoms with Crippen LogP contribution in [0.3, 0.4) is 0 Å². The Kier molecular flexibility index (Phi) is 2.34. The van der Waals surface area contributed by atoms with Gasteiger partial charge in [0.15, 0.2) is 0 Å². The van der Waals surface area contributed by atoms with Gasteiger partial charge in [0.05, 0.1) is 0 Å². The van der Waals surface area contributed by atoms with E-state index in [1.165, 1.54) is 0 Å². The molecule has 72 valence electrons. The summed E-state index contributed by atoms with van der Waals surface area (Å²) in [6, 6.07) is 0.229. The third-order valence-electron chi connectivity index (χ3n) is 3.29. The lowest BCUT2D eigenvalue weighted by atomic mass is 9.95. The quantitative estimate of drug-likeness (QED) is 0.595.